The number of anilines is 1. The number of rotatable bonds is 4. The van der Waals surface area contributed by atoms with Gasteiger partial charge in [0.2, 0.25) is 0 Å². The molecule has 0 amide bonds. The Labute approximate surface area is 106 Å². The van der Waals surface area contributed by atoms with Crippen LogP contribution in [0.25, 0.3) is 6.08 Å². The van der Waals surface area contributed by atoms with Gasteiger partial charge in [-0.25, -0.2) is 4.79 Å². The minimum absolute atomic E-state index is 0.241. The molecule has 0 aliphatic rings. The molecule has 0 aromatic heterocycles. The fourth-order valence-electron chi connectivity index (χ4n) is 1.09. The standard InChI is InChI=1S/C10H8F3NO4S/c11-10(12,13)19(17,18)14-8-3-1-2-7(6-8)4-5-9(15)16/h1-6,14H,(H,15,16)/b5-4+. The molecule has 0 saturated carbocycles. The molecule has 0 bridgehead atoms. The van der Waals surface area contributed by atoms with Crippen LogP contribution in [0.3, 0.4) is 0 Å². The van der Waals surface area contributed by atoms with Crippen molar-refractivity contribution in [1.29, 1.82) is 0 Å². The normalized spacial score (nSPS) is 12.6. The van der Waals surface area contributed by atoms with E-state index in [4.69, 9.17) is 5.11 Å². The Bertz CT molecular complexity index is 607. The minimum Gasteiger partial charge on any atom is -0.478 e. The van der Waals surface area contributed by atoms with E-state index in [9.17, 15) is 26.4 Å². The third-order valence-electron chi connectivity index (χ3n) is 1.86. The van der Waals surface area contributed by atoms with Gasteiger partial charge in [-0.3, -0.25) is 4.72 Å². The first kappa shape index (κ1) is 15.0. The van der Waals surface area contributed by atoms with E-state index in [1.165, 1.54) is 16.9 Å². The molecule has 0 radical (unpaired) electrons. The van der Waals surface area contributed by atoms with Crippen LogP contribution in [0.1, 0.15) is 5.56 Å². The van der Waals surface area contributed by atoms with Gasteiger partial charge in [0.1, 0.15) is 0 Å². The van der Waals surface area contributed by atoms with Gasteiger partial charge in [0.05, 0.1) is 0 Å². The van der Waals surface area contributed by atoms with Gasteiger partial charge in [-0.2, -0.15) is 21.6 Å². The Hall–Kier alpha value is -2.03. The van der Waals surface area contributed by atoms with E-state index < -0.39 is 21.5 Å². The molecule has 0 saturated heterocycles. The van der Waals surface area contributed by atoms with Crippen LogP contribution in [0.2, 0.25) is 0 Å². The molecule has 104 valence electrons. The van der Waals surface area contributed by atoms with Gasteiger partial charge in [0.25, 0.3) is 0 Å². The number of hydrogen-bond donors (Lipinski definition) is 2. The van der Waals surface area contributed by atoms with Crippen molar-refractivity contribution in [2.45, 2.75) is 5.51 Å². The van der Waals surface area contributed by atoms with Crippen LogP contribution >= 0.6 is 0 Å². The van der Waals surface area contributed by atoms with E-state index in [2.05, 4.69) is 0 Å². The number of carboxylic acid groups (broad SMARTS) is 1. The fraction of sp³-hybridized carbons (Fsp3) is 0.100. The van der Waals surface area contributed by atoms with Crippen LogP contribution in [0.15, 0.2) is 30.3 Å². The summed E-state index contributed by atoms with van der Waals surface area (Å²) in [4.78, 5) is 10.3. The highest BCUT2D eigenvalue weighted by molar-refractivity contribution is 7.93. The molecule has 0 atom stereocenters. The van der Waals surface area contributed by atoms with Gasteiger partial charge in [0.15, 0.2) is 0 Å². The Morgan fingerprint density at radius 3 is 2.47 bits per heavy atom. The lowest BCUT2D eigenvalue weighted by atomic mass is 10.2. The molecule has 2 N–H and O–H groups in total. The van der Waals surface area contributed by atoms with Gasteiger partial charge in [-0.1, -0.05) is 12.1 Å². The van der Waals surface area contributed by atoms with E-state index in [1.54, 1.807) is 0 Å². The Morgan fingerprint density at radius 1 is 1.32 bits per heavy atom. The zero-order valence-corrected chi connectivity index (χ0v) is 9.99. The van der Waals surface area contributed by atoms with Crippen LogP contribution in [0.4, 0.5) is 18.9 Å². The summed E-state index contributed by atoms with van der Waals surface area (Å²) in [6, 6.07) is 4.88. The summed E-state index contributed by atoms with van der Waals surface area (Å²) in [5.41, 5.74) is -5.49. The maximum Gasteiger partial charge on any atom is 0.516 e. The summed E-state index contributed by atoms with van der Waals surface area (Å²) in [5.74, 6) is -1.23. The first-order valence-electron chi connectivity index (χ1n) is 4.72. The van der Waals surface area contributed by atoms with Gasteiger partial charge in [-0.15, -0.1) is 0 Å². The van der Waals surface area contributed by atoms with E-state index in [0.29, 0.717) is 0 Å². The lowest BCUT2D eigenvalue weighted by Crippen LogP contribution is -2.29. The SMILES string of the molecule is O=C(O)/C=C/c1cccc(NS(=O)(=O)C(F)(F)F)c1. The number of carbonyl (C=O) groups is 1. The van der Waals surface area contributed by atoms with Crippen LogP contribution < -0.4 is 4.72 Å². The molecule has 1 rings (SSSR count). The van der Waals surface area contributed by atoms with Crippen molar-refractivity contribution >= 4 is 27.8 Å². The number of hydrogen-bond acceptors (Lipinski definition) is 3. The van der Waals surface area contributed by atoms with Gasteiger partial charge < -0.3 is 5.11 Å². The maximum absolute atomic E-state index is 12.1. The monoisotopic (exact) mass is 295 g/mol. The molecule has 0 heterocycles. The van der Waals surface area contributed by atoms with Crippen molar-refractivity contribution in [1.82, 2.24) is 0 Å². The lowest BCUT2D eigenvalue weighted by Gasteiger charge is -2.10. The van der Waals surface area contributed by atoms with E-state index in [0.717, 1.165) is 24.3 Å². The Morgan fingerprint density at radius 2 is 1.95 bits per heavy atom. The molecule has 1 aromatic rings. The fourth-order valence-corrected chi connectivity index (χ4v) is 1.64. The van der Waals surface area contributed by atoms with Crippen LogP contribution in [0, 0.1) is 0 Å². The molecule has 0 fully saturated rings. The van der Waals surface area contributed by atoms with Gasteiger partial charge in [-0.05, 0) is 23.8 Å². The number of aliphatic carboxylic acids is 1. The molecule has 0 unspecified atom stereocenters. The number of sulfonamides is 1. The van der Waals surface area contributed by atoms with Crippen LogP contribution in [-0.4, -0.2) is 25.0 Å². The summed E-state index contributed by atoms with van der Waals surface area (Å²) in [5, 5.41) is 8.39. The van der Waals surface area contributed by atoms with Crippen LogP contribution in [0.5, 0.6) is 0 Å². The zero-order valence-electron chi connectivity index (χ0n) is 9.18. The van der Waals surface area contributed by atoms with E-state index in [1.807, 2.05) is 0 Å². The van der Waals surface area contributed by atoms with Crippen molar-refractivity contribution in [3.05, 3.63) is 35.9 Å². The quantitative estimate of drug-likeness (QED) is 0.833. The molecular formula is C10H8F3NO4S. The highest BCUT2D eigenvalue weighted by Crippen LogP contribution is 2.25. The summed E-state index contributed by atoms with van der Waals surface area (Å²) in [6.07, 6.45) is 1.89. The third-order valence-corrected chi connectivity index (χ3v) is 2.98. The first-order chi connectivity index (χ1) is 8.62. The summed E-state index contributed by atoms with van der Waals surface area (Å²) >= 11 is 0. The maximum atomic E-state index is 12.1. The molecule has 19 heavy (non-hydrogen) atoms. The highest BCUT2D eigenvalue weighted by Gasteiger charge is 2.45. The van der Waals surface area contributed by atoms with Crippen molar-refractivity contribution in [2.24, 2.45) is 0 Å². The van der Waals surface area contributed by atoms with Crippen molar-refractivity contribution in [3.63, 3.8) is 0 Å². The number of alkyl halides is 3. The van der Waals surface area contributed by atoms with Crippen molar-refractivity contribution in [2.75, 3.05) is 4.72 Å². The van der Waals surface area contributed by atoms with Crippen molar-refractivity contribution < 1.29 is 31.5 Å². The smallest absolute Gasteiger partial charge is 0.478 e. The zero-order chi connectivity index (χ0) is 14.7. The second-order valence-corrected chi connectivity index (χ2v) is 5.02. The molecule has 0 aliphatic heterocycles. The summed E-state index contributed by atoms with van der Waals surface area (Å²) < 4.78 is 59.4. The van der Waals surface area contributed by atoms with E-state index >= 15 is 0 Å². The average molecular weight is 295 g/mol. The van der Waals surface area contributed by atoms with Crippen LogP contribution in [-0.2, 0) is 14.8 Å². The largest absolute Gasteiger partial charge is 0.516 e. The second-order valence-electron chi connectivity index (χ2n) is 3.35. The summed E-state index contributed by atoms with van der Waals surface area (Å²) in [7, 11) is -5.49. The molecule has 0 spiro atoms. The molecule has 1 aromatic carbocycles. The average Bonchev–Trinajstić information content (AvgIpc) is 2.24. The third kappa shape index (κ3) is 4.28. The Balaban J connectivity index is 2.99. The molecule has 9 heteroatoms. The first-order valence-corrected chi connectivity index (χ1v) is 6.20. The predicted molar refractivity (Wildman–Crippen MR) is 61.7 cm³/mol. The number of halogens is 3. The molecule has 0 aliphatic carbocycles. The minimum atomic E-state index is -5.49. The second kappa shape index (κ2) is 5.31. The predicted octanol–water partition coefficient (Wildman–Crippen LogP) is 2.05. The van der Waals surface area contributed by atoms with Crippen molar-refractivity contribution in [3.8, 4) is 0 Å². The van der Waals surface area contributed by atoms with Gasteiger partial charge in [0, 0.05) is 11.8 Å². The van der Waals surface area contributed by atoms with E-state index in [-0.39, 0.29) is 11.3 Å². The topological polar surface area (TPSA) is 83.5 Å². The number of carboxylic acids is 1. The lowest BCUT2D eigenvalue weighted by molar-refractivity contribution is -0.131. The Kier molecular flexibility index (Phi) is 4.20. The highest BCUT2D eigenvalue weighted by atomic mass is 32.2. The molecular weight excluding hydrogens is 287 g/mol. The molecule has 5 nitrogen and oxygen atoms in total. The number of nitrogens with one attached hydrogen (secondary N) is 1. The summed E-state index contributed by atoms with van der Waals surface area (Å²) in [6.45, 7) is 0. The number of benzene rings is 1. The van der Waals surface area contributed by atoms with Gasteiger partial charge >= 0.3 is 21.5 Å².